The van der Waals surface area contributed by atoms with Gasteiger partial charge < -0.3 is 15.6 Å². The van der Waals surface area contributed by atoms with E-state index in [-0.39, 0.29) is 18.3 Å². The number of carbonyl (C=O) groups excluding carboxylic acids is 1. The van der Waals surface area contributed by atoms with Crippen LogP contribution in [0, 0.1) is 0 Å². The van der Waals surface area contributed by atoms with Crippen LogP contribution in [0.25, 0.3) is 10.9 Å². The van der Waals surface area contributed by atoms with E-state index in [0.717, 1.165) is 30.9 Å². The summed E-state index contributed by atoms with van der Waals surface area (Å²) in [6, 6.07) is 6.77. The Labute approximate surface area is 154 Å². The number of H-pyrrole nitrogens is 1. The highest BCUT2D eigenvalue weighted by molar-refractivity contribution is 7.99. The molecule has 1 unspecified atom stereocenters. The summed E-state index contributed by atoms with van der Waals surface area (Å²) in [6.07, 6.45) is 4.56. The van der Waals surface area contributed by atoms with E-state index in [1.165, 1.54) is 22.0 Å². The molecule has 1 aromatic carbocycles. The first-order chi connectivity index (χ1) is 11.3. The van der Waals surface area contributed by atoms with Crippen molar-refractivity contribution in [2.24, 2.45) is 0 Å². The van der Waals surface area contributed by atoms with Gasteiger partial charge in [0.1, 0.15) is 0 Å². The third-order valence-electron chi connectivity index (χ3n) is 4.42. The molecule has 24 heavy (non-hydrogen) atoms. The SMILES string of the molecule is CCc1cccc2c(CCNC(=O)CC3CSCCN3)c[nH]c12.Cl. The third-order valence-corrected chi connectivity index (χ3v) is 5.55. The maximum Gasteiger partial charge on any atom is 0.221 e. The van der Waals surface area contributed by atoms with E-state index >= 15 is 0 Å². The lowest BCUT2D eigenvalue weighted by atomic mass is 10.1. The van der Waals surface area contributed by atoms with Crippen molar-refractivity contribution in [3.8, 4) is 0 Å². The summed E-state index contributed by atoms with van der Waals surface area (Å²) < 4.78 is 0. The highest BCUT2D eigenvalue weighted by Gasteiger charge is 2.16. The zero-order chi connectivity index (χ0) is 16.1. The van der Waals surface area contributed by atoms with Gasteiger partial charge in [0.25, 0.3) is 0 Å². The van der Waals surface area contributed by atoms with Crippen LogP contribution < -0.4 is 10.6 Å². The number of amides is 1. The maximum absolute atomic E-state index is 12.0. The van der Waals surface area contributed by atoms with Gasteiger partial charge in [-0.2, -0.15) is 11.8 Å². The molecule has 1 saturated heterocycles. The van der Waals surface area contributed by atoms with Gasteiger partial charge in [-0.1, -0.05) is 25.1 Å². The van der Waals surface area contributed by atoms with E-state index < -0.39 is 0 Å². The number of aryl methyl sites for hydroxylation is 1. The molecule has 4 nitrogen and oxygen atoms in total. The minimum absolute atomic E-state index is 0. The fourth-order valence-electron chi connectivity index (χ4n) is 3.16. The summed E-state index contributed by atoms with van der Waals surface area (Å²) in [4.78, 5) is 15.4. The quantitative estimate of drug-likeness (QED) is 0.735. The zero-order valence-corrected chi connectivity index (χ0v) is 15.7. The minimum atomic E-state index is 0. The number of para-hydroxylation sites is 1. The lowest BCUT2D eigenvalue weighted by Crippen LogP contribution is -2.41. The molecule has 1 amide bonds. The van der Waals surface area contributed by atoms with E-state index in [4.69, 9.17) is 0 Å². The number of aromatic amines is 1. The standard InChI is InChI=1S/C18H25N3OS.ClH/c1-2-13-4-3-5-16-14(11-21-18(13)16)6-7-20-17(22)10-15-12-23-9-8-19-15;/h3-5,11,15,19,21H,2,6-10,12H2,1H3,(H,20,22);1H. The molecule has 1 aliphatic rings. The second-order valence-corrected chi connectivity index (χ2v) is 7.19. The number of hydrogen-bond acceptors (Lipinski definition) is 3. The molecule has 1 fully saturated rings. The van der Waals surface area contributed by atoms with Crippen LogP contribution >= 0.6 is 24.2 Å². The predicted molar refractivity (Wildman–Crippen MR) is 105 cm³/mol. The fourth-order valence-corrected chi connectivity index (χ4v) is 4.11. The lowest BCUT2D eigenvalue weighted by Gasteiger charge is -2.22. The Hall–Kier alpha value is -1.17. The topological polar surface area (TPSA) is 56.9 Å². The molecular weight excluding hydrogens is 342 g/mol. The van der Waals surface area contributed by atoms with Crippen LogP contribution in [0.5, 0.6) is 0 Å². The van der Waals surface area contributed by atoms with Crippen molar-refractivity contribution >= 4 is 41.0 Å². The average molecular weight is 368 g/mol. The number of thioether (sulfide) groups is 1. The van der Waals surface area contributed by atoms with Gasteiger partial charge in [0.2, 0.25) is 5.91 Å². The minimum Gasteiger partial charge on any atom is -0.361 e. The average Bonchev–Trinajstić information content (AvgIpc) is 2.99. The maximum atomic E-state index is 12.0. The number of carbonyl (C=O) groups is 1. The number of nitrogens with one attached hydrogen (secondary N) is 3. The molecule has 3 N–H and O–H groups in total. The molecule has 1 aliphatic heterocycles. The molecule has 0 aliphatic carbocycles. The van der Waals surface area contributed by atoms with E-state index in [1.807, 2.05) is 11.8 Å². The Balaban J connectivity index is 0.00000208. The highest BCUT2D eigenvalue weighted by Crippen LogP contribution is 2.22. The van der Waals surface area contributed by atoms with Gasteiger partial charge in [0.05, 0.1) is 0 Å². The van der Waals surface area contributed by atoms with Gasteiger partial charge >= 0.3 is 0 Å². The second kappa shape index (κ2) is 9.35. The van der Waals surface area contributed by atoms with Gasteiger partial charge in [-0.25, -0.2) is 0 Å². The fraction of sp³-hybridized carbons (Fsp3) is 0.500. The first kappa shape index (κ1) is 19.2. The highest BCUT2D eigenvalue weighted by atomic mass is 35.5. The third kappa shape index (κ3) is 4.68. The van der Waals surface area contributed by atoms with Gasteiger partial charge in [-0.05, 0) is 24.0 Å². The molecule has 0 radical (unpaired) electrons. The molecule has 2 aromatic rings. The number of rotatable bonds is 6. The number of halogens is 1. The monoisotopic (exact) mass is 367 g/mol. The first-order valence-corrected chi connectivity index (χ1v) is 9.59. The molecule has 6 heteroatoms. The summed E-state index contributed by atoms with van der Waals surface area (Å²) in [5.74, 6) is 2.34. The Morgan fingerprint density at radius 3 is 3.00 bits per heavy atom. The number of aromatic nitrogens is 1. The Bertz CT molecular complexity index is 667. The van der Waals surface area contributed by atoms with Crippen molar-refractivity contribution in [3.05, 3.63) is 35.5 Å². The van der Waals surface area contributed by atoms with Gasteiger partial charge in [-0.15, -0.1) is 12.4 Å². The Morgan fingerprint density at radius 2 is 2.25 bits per heavy atom. The molecule has 3 rings (SSSR count). The van der Waals surface area contributed by atoms with Crippen LogP contribution in [0.4, 0.5) is 0 Å². The van der Waals surface area contributed by atoms with Crippen molar-refractivity contribution in [2.45, 2.75) is 32.2 Å². The number of benzene rings is 1. The molecule has 1 atom stereocenters. The van der Waals surface area contributed by atoms with Gasteiger partial charge in [0.15, 0.2) is 0 Å². The molecular formula is C18H26ClN3OS. The van der Waals surface area contributed by atoms with E-state index in [2.05, 4.69) is 46.9 Å². The first-order valence-electron chi connectivity index (χ1n) is 8.43. The number of hydrogen-bond donors (Lipinski definition) is 3. The second-order valence-electron chi connectivity index (χ2n) is 6.04. The summed E-state index contributed by atoms with van der Waals surface area (Å²) in [6.45, 7) is 3.88. The van der Waals surface area contributed by atoms with Crippen LogP contribution in [-0.2, 0) is 17.6 Å². The van der Waals surface area contributed by atoms with Crippen LogP contribution in [0.15, 0.2) is 24.4 Å². The number of fused-ring (bicyclic) bond motifs is 1. The predicted octanol–water partition coefficient (Wildman–Crippen LogP) is 2.91. The largest absolute Gasteiger partial charge is 0.361 e. The van der Waals surface area contributed by atoms with Crippen LogP contribution in [0.1, 0.15) is 24.5 Å². The van der Waals surface area contributed by atoms with Gasteiger partial charge in [0, 0.05) is 54.2 Å². The summed E-state index contributed by atoms with van der Waals surface area (Å²) in [7, 11) is 0. The molecule has 132 valence electrons. The van der Waals surface area contributed by atoms with Crippen molar-refractivity contribution in [2.75, 3.05) is 24.6 Å². The van der Waals surface area contributed by atoms with Crippen molar-refractivity contribution < 1.29 is 4.79 Å². The lowest BCUT2D eigenvalue weighted by molar-refractivity contribution is -0.121. The molecule has 1 aromatic heterocycles. The summed E-state index contributed by atoms with van der Waals surface area (Å²) >= 11 is 1.93. The molecule has 0 saturated carbocycles. The Kier molecular flexibility index (Phi) is 7.46. The van der Waals surface area contributed by atoms with Crippen LogP contribution in [0.3, 0.4) is 0 Å². The Morgan fingerprint density at radius 1 is 1.38 bits per heavy atom. The zero-order valence-electron chi connectivity index (χ0n) is 14.1. The molecule has 0 spiro atoms. The van der Waals surface area contributed by atoms with E-state index in [9.17, 15) is 4.79 Å². The van der Waals surface area contributed by atoms with Gasteiger partial charge in [-0.3, -0.25) is 4.79 Å². The summed E-state index contributed by atoms with van der Waals surface area (Å²) in [5, 5.41) is 7.75. The smallest absolute Gasteiger partial charge is 0.221 e. The molecule has 2 heterocycles. The van der Waals surface area contributed by atoms with Crippen molar-refractivity contribution in [3.63, 3.8) is 0 Å². The van der Waals surface area contributed by atoms with Crippen LogP contribution in [0.2, 0.25) is 0 Å². The van der Waals surface area contributed by atoms with Crippen LogP contribution in [-0.4, -0.2) is 41.5 Å². The van der Waals surface area contributed by atoms with Crippen molar-refractivity contribution in [1.29, 1.82) is 0 Å². The normalized spacial score (nSPS) is 17.5. The van der Waals surface area contributed by atoms with Crippen molar-refractivity contribution in [1.82, 2.24) is 15.6 Å². The van der Waals surface area contributed by atoms with E-state index in [1.54, 1.807) is 0 Å². The molecule has 0 bridgehead atoms. The van der Waals surface area contributed by atoms with E-state index in [0.29, 0.717) is 19.0 Å². The summed E-state index contributed by atoms with van der Waals surface area (Å²) in [5.41, 5.74) is 3.86.